The van der Waals surface area contributed by atoms with Crippen LogP contribution in [0.1, 0.15) is 11.1 Å². The maximum atomic E-state index is 13.4. The predicted octanol–water partition coefficient (Wildman–Crippen LogP) is 3.66. The number of aliphatic hydroxyl groups excluding tert-OH is 1. The summed E-state index contributed by atoms with van der Waals surface area (Å²) in [6, 6.07) is 16.6. The Morgan fingerprint density at radius 1 is 1.03 bits per heavy atom. The van der Waals surface area contributed by atoms with Gasteiger partial charge in [-0.25, -0.2) is 9.50 Å². The molecule has 4 aromatic rings. The fourth-order valence-electron chi connectivity index (χ4n) is 3.09. The summed E-state index contributed by atoms with van der Waals surface area (Å²) in [7, 11) is 0. The number of nitrogens with zero attached hydrogens (tertiary/aromatic N) is 3. The van der Waals surface area contributed by atoms with Gasteiger partial charge in [0.25, 0.3) is 5.92 Å². The average molecular weight is 408 g/mol. The number of aromatic nitrogens is 3. The summed E-state index contributed by atoms with van der Waals surface area (Å²) in [5.41, 5.74) is 3.66. The van der Waals surface area contributed by atoms with E-state index in [4.69, 9.17) is 5.11 Å². The van der Waals surface area contributed by atoms with E-state index in [0.29, 0.717) is 5.69 Å². The van der Waals surface area contributed by atoms with Crippen molar-refractivity contribution in [2.75, 3.05) is 11.9 Å². The first-order valence-corrected chi connectivity index (χ1v) is 9.22. The van der Waals surface area contributed by atoms with E-state index in [1.54, 1.807) is 4.52 Å². The number of aliphatic hydroxyl groups is 1. The van der Waals surface area contributed by atoms with E-state index < -0.39 is 12.5 Å². The van der Waals surface area contributed by atoms with Crippen LogP contribution in [0.25, 0.3) is 16.8 Å². The van der Waals surface area contributed by atoms with Crippen molar-refractivity contribution in [1.29, 1.82) is 0 Å². The minimum Gasteiger partial charge on any atom is -0.390 e. The minimum atomic E-state index is -3.30. The number of carbonyl (C=O) groups is 1. The third-order valence-corrected chi connectivity index (χ3v) is 4.72. The number of fused-ring (bicyclic) bond motifs is 1. The van der Waals surface area contributed by atoms with Gasteiger partial charge in [-0.2, -0.15) is 13.9 Å². The number of anilines is 1. The number of amides is 1. The molecule has 30 heavy (non-hydrogen) atoms. The molecule has 2 N–H and O–H groups in total. The van der Waals surface area contributed by atoms with Crippen LogP contribution in [0.3, 0.4) is 0 Å². The lowest BCUT2D eigenvalue weighted by molar-refractivity contribution is -0.115. The van der Waals surface area contributed by atoms with Crippen molar-refractivity contribution >= 4 is 17.2 Å². The van der Waals surface area contributed by atoms with Crippen LogP contribution in [0.4, 0.5) is 14.5 Å². The van der Waals surface area contributed by atoms with Crippen LogP contribution in [-0.4, -0.2) is 32.2 Å². The van der Waals surface area contributed by atoms with Gasteiger partial charge in [-0.3, -0.25) is 4.79 Å². The first kappa shape index (κ1) is 19.7. The van der Waals surface area contributed by atoms with Crippen molar-refractivity contribution in [3.05, 3.63) is 84.3 Å². The zero-order chi connectivity index (χ0) is 21.1. The van der Waals surface area contributed by atoms with Crippen LogP contribution in [0.15, 0.2) is 73.2 Å². The molecule has 0 saturated heterocycles. The molecule has 0 spiro atoms. The van der Waals surface area contributed by atoms with Crippen LogP contribution < -0.4 is 5.32 Å². The number of hydrogen-bond acceptors (Lipinski definition) is 4. The van der Waals surface area contributed by atoms with Crippen LogP contribution in [-0.2, 0) is 17.1 Å². The Kier molecular flexibility index (Phi) is 5.24. The maximum Gasteiger partial charge on any atom is 0.295 e. The highest BCUT2D eigenvalue weighted by molar-refractivity contribution is 5.92. The molecular weight excluding hydrogens is 390 g/mol. The molecular formula is C22H18F2N4O2. The SMILES string of the molecule is O=C(Cc1ccc(-c2ccn3ncnc3c2)cc1)Nc1ccc(C(F)(F)CO)cc1. The predicted molar refractivity (Wildman–Crippen MR) is 108 cm³/mol. The highest BCUT2D eigenvalue weighted by Gasteiger charge is 2.30. The molecule has 0 aliphatic heterocycles. The molecule has 4 rings (SSSR count). The lowest BCUT2D eigenvalue weighted by atomic mass is 10.0. The van der Waals surface area contributed by atoms with Crippen LogP contribution in [0, 0.1) is 0 Å². The van der Waals surface area contributed by atoms with Gasteiger partial charge in [-0.15, -0.1) is 0 Å². The van der Waals surface area contributed by atoms with E-state index >= 15 is 0 Å². The molecule has 2 heterocycles. The number of nitrogens with one attached hydrogen (secondary N) is 1. The van der Waals surface area contributed by atoms with Gasteiger partial charge in [0.1, 0.15) is 12.9 Å². The molecule has 152 valence electrons. The molecule has 0 bridgehead atoms. The number of rotatable bonds is 6. The molecule has 0 aliphatic carbocycles. The van der Waals surface area contributed by atoms with Gasteiger partial charge in [0.2, 0.25) is 5.91 Å². The van der Waals surface area contributed by atoms with E-state index in [1.165, 1.54) is 30.6 Å². The van der Waals surface area contributed by atoms with E-state index in [-0.39, 0.29) is 17.9 Å². The zero-order valence-corrected chi connectivity index (χ0v) is 15.8. The first-order chi connectivity index (χ1) is 14.4. The largest absolute Gasteiger partial charge is 0.390 e. The van der Waals surface area contributed by atoms with E-state index in [1.807, 2.05) is 42.6 Å². The van der Waals surface area contributed by atoms with E-state index in [2.05, 4.69) is 15.4 Å². The molecule has 6 nitrogen and oxygen atoms in total. The second kappa shape index (κ2) is 8.00. The number of carbonyl (C=O) groups excluding carboxylic acids is 1. The number of halogens is 2. The number of pyridine rings is 1. The zero-order valence-electron chi connectivity index (χ0n) is 15.8. The molecule has 2 aromatic heterocycles. The smallest absolute Gasteiger partial charge is 0.295 e. The van der Waals surface area contributed by atoms with Crippen molar-refractivity contribution in [1.82, 2.24) is 14.6 Å². The van der Waals surface area contributed by atoms with E-state index in [9.17, 15) is 13.6 Å². The lowest BCUT2D eigenvalue weighted by Gasteiger charge is -2.14. The van der Waals surface area contributed by atoms with Crippen molar-refractivity contribution < 1.29 is 18.7 Å². The summed E-state index contributed by atoms with van der Waals surface area (Å²) >= 11 is 0. The normalized spacial score (nSPS) is 11.6. The van der Waals surface area contributed by atoms with Crippen molar-refractivity contribution in [2.24, 2.45) is 0 Å². The van der Waals surface area contributed by atoms with Gasteiger partial charge in [0.15, 0.2) is 5.65 Å². The summed E-state index contributed by atoms with van der Waals surface area (Å²) in [6.45, 7) is -1.26. The molecule has 0 fully saturated rings. The number of alkyl halides is 2. The Hall–Kier alpha value is -3.65. The summed E-state index contributed by atoms with van der Waals surface area (Å²) in [5.74, 6) is -3.56. The summed E-state index contributed by atoms with van der Waals surface area (Å²) < 4.78 is 28.6. The van der Waals surface area contributed by atoms with Gasteiger partial charge >= 0.3 is 0 Å². The Bertz CT molecular complexity index is 1170. The molecule has 0 atom stereocenters. The van der Waals surface area contributed by atoms with Gasteiger partial charge in [0, 0.05) is 17.4 Å². The molecule has 0 saturated carbocycles. The standard InChI is InChI=1S/C22H18F2N4O2/c23-22(24,13-29)18-5-7-19(8-6-18)27-21(30)11-15-1-3-16(4-2-15)17-9-10-28-20(12-17)25-14-26-28/h1-10,12,14,29H,11,13H2,(H,27,30). The maximum absolute atomic E-state index is 13.4. The molecule has 8 heteroatoms. The number of hydrogen-bond donors (Lipinski definition) is 2. The van der Waals surface area contributed by atoms with Gasteiger partial charge in [-0.05, 0) is 41.0 Å². The second-order valence-electron chi connectivity index (χ2n) is 6.84. The Morgan fingerprint density at radius 2 is 1.77 bits per heavy atom. The van der Waals surface area contributed by atoms with Crippen LogP contribution in [0.5, 0.6) is 0 Å². The van der Waals surface area contributed by atoms with E-state index in [0.717, 1.165) is 22.3 Å². The Morgan fingerprint density at radius 3 is 2.47 bits per heavy atom. The topological polar surface area (TPSA) is 79.5 Å². The lowest BCUT2D eigenvalue weighted by Crippen LogP contribution is -2.18. The van der Waals surface area contributed by atoms with Crippen molar-refractivity contribution in [3.8, 4) is 11.1 Å². The van der Waals surface area contributed by atoms with Crippen LogP contribution in [0.2, 0.25) is 0 Å². The Balaban J connectivity index is 1.40. The average Bonchev–Trinajstić information content (AvgIpc) is 3.22. The number of benzene rings is 2. The molecule has 0 radical (unpaired) electrons. The van der Waals surface area contributed by atoms with Gasteiger partial charge < -0.3 is 10.4 Å². The van der Waals surface area contributed by atoms with Gasteiger partial charge in [-0.1, -0.05) is 36.4 Å². The molecule has 1 amide bonds. The summed E-state index contributed by atoms with van der Waals surface area (Å²) in [6.07, 6.45) is 3.48. The fraction of sp³-hybridized carbons (Fsp3) is 0.136. The molecule has 0 unspecified atom stereocenters. The monoisotopic (exact) mass is 408 g/mol. The van der Waals surface area contributed by atoms with Crippen molar-refractivity contribution in [2.45, 2.75) is 12.3 Å². The Labute approximate surface area is 170 Å². The highest BCUT2D eigenvalue weighted by atomic mass is 19.3. The van der Waals surface area contributed by atoms with Crippen molar-refractivity contribution in [3.63, 3.8) is 0 Å². The van der Waals surface area contributed by atoms with Crippen LogP contribution >= 0.6 is 0 Å². The quantitative estimate of drug-likeness (QED) is 0.510. The summed E-state index contributed by atoms with van der Waals surface area (Å²) in [5, 5.41) is 15.5. The molecule has 2 aromatic carbocycles. The fourth-order valence-corrected chi connectivity index (χ4v) is 3.09. The molecule has 0 aliphatic rings. The highest BCUT2D eigenvalue weighted by Crippen LogP contribution is 2.28. The summed E-state index contributed by atoms with van der Waals surface area (Å²) in [4.78, 5) is 16.4. The third kappa shape index (κ3) is 4.18. The van der Waals surface area contributed by atoms with Gasteiger partial charge in [0.05, 0.1) is 6.42 Å². The first-order valence-electron chi connectivity index (χ1n) is 9.22. The second-order valence-corrected chi connectivity index (χ2v) is 6.84. The minimum absolute atomic E-state index is 0.151. The third-order valence-electron chi connectivity index (χ3n) is 4.72.